The molecule has 0 bridgehead atoms. The lowest BCUT2D eigenvalue weighted by molar-refractivity contribution is -0.132. The molecule has 144 valence electrons. The number of fused-ring (bicyclic) bond motifs is 1. The van der Waals surface area contributed by atoms with Crippen LogP contribution in [0.1, 0.15) is 6.92 Å². The predicted molar refractivity (Wildman–Crippen MR) is 106 cm³/mol. The van der Waals surface area contributed by atoms with Crippen molar-refractivity contribution in [2.45, 2.75) is 13.0 Å². The van der Waals surface area contributed by atoms with Gasteiger partial charge in [0.05, 0.1) is 17.9 Å². The lowest BCUT2D eigenvalue weighted by atomic mass is 10.2. The zero-order valence-corrected chi connectivity index (χ0v) is 16.3. The minimum atomic E-state index is -0.463. The number of rotatable bonds is 3. The summed E-state index contributed by atoms with van der Waals surface area (Å²) >= 11 is 1.50. The van der Waals surface area contributed by atoms with E-state index < -0.39 is 6.04 Å². The molecule has 0 spiro atoms. The number of amides is 1. The van der Waals surface area contributed by atoms with Crippen molar-refractivity contribution in [1.29, 1.82) is 0 Å². The van der Waals surface area contributed by atoms with E-state index in [0.29, 0.717) is 13.1 Å². The first-order valence-corrected chi connectivity index (χ1v) is 9.24. The quantitative estimate of drug-likeness (QED) is 0.714. The smallest absolute Gasteiger partial charge is 0.239 e. The Hall–Kier alpha value is -2.23. The van der Waals surface area contributed by atoms with E-state index in [1.54, 1.807) is 28.5 Å². The van der Waals surface area contributed by atoms with Crippen molar-refractivity contribution < 1.29 is 9.18 Å². The molecule has 0 saturated carbocycles. The molecule has 0 radical (unpaired) electrons. The second-order valence-electron chi connectivity index (χ2n) is 6.35. The van der Waals surface area contributed by atoms with Gasteiger partial charge in [0, 0.05) is 31.7 Å². The van der Waals surface area contributed by atoms with E-state index in [4.69, 9.17) is 5.73 Å². The van der Waals surface area contributed by atoms with E-state index in [2.05, 4.69) is 15.0 Å². The second kappa shape index (κ2) is 7.79. The van der Waals surface area contributed by atoms with Gasteiger partial charge in [0.15, 0.2) is 0 Å². The lowest BCUT2D eigenvalue weighted by Crippen LogP contribution is -2.52. The normalized spacial score (nSPS) is 15.7. The molecule has 2 aromatic heterocycles. The van der Waals surface area contributed by atoms with Crippen LogP contribution in [0.5, 0.6) is 0 Å². The van der Waals surface area contributed by atoms with E-state index >= 15 is 0 Å². The van der Waals surface area contributed by atoms with Crippen LogP contribution in [0.3, 0.4) is 0 Å². The first-order chi connectivity index (χ1) is 12.5. The Morgan fingerprint density at radius 3 is 2.48 bits per heavy atom. The largest absolute Gasteiger partial charge is 0.343 e. The number of carbonyl (C=O) groups is 1. The highest BCUT2D eigenvalue weighted by atomic mass is 35.5. The van der Waals surface area contributed by atoms with E-state index in [1.807, 2.05) is 6.20 Å². The first-order valence-electron chi connectivity index (χ1n) is 8.43. The van der Waals surface area contributed by atoms with Crippen LogP contribution >= 0.6 is 23.7 Å². The van der Waals surface area contributed by atoms with Gasteiger partial charge >= 0.3 is 0 Å². The fourth-order valence-electron chi connectivity index (χ4n) is 2.98. The fourth-order valence-corrected chi connectivity index (χ4v) is 3.92. The van der Waals surface area contributed by atoms with Gasteiger partial charge in [0.25, 0.3) is 0 Å². The number of hydrogen-bond acceptors (Lipinski definition) is 6. The summed E-state index contributed by atoms with van der Waals surface area (Å²) in [6, 6.07) is 5.79. The molecule has 1 saturated heterocycles. The molecule has 7 nitrogen and oxygen atoms in total. The van der Waals surface area contributed by atoms with Crippen molar-refractivity contribution in [2.24, 2.45) is 5.73 Å². The van der Waals surface area contributed by atoms with Crippen LogP contribution in [-0.4, -0.2) is 57.6 Å². The summed E-state index contributed by atoms with van der Waals surface area (Å²) in [6.45, 7) is 4.44. The third kappa shape index (κ3) is 3.90. The number of carbonyl (C=O) groups excluding carboxylic acids is 1. The minimum absolute atomic E-state index is 0. The lowest BCUT2D eigenvalue weighted by Gasteiger charge is -2.35. The summed E-state index contributed by atoms with van der Waals surface area (Å²) < 4.78 is 14.8. The first kappa shape index (κ1) is 19.5. The Labute approximate surface area is 166 Å². The van der Waals surface area contributed by atoms with Crippen LogP contribution in [0.2, 0.25) is 0 Å². The Balaban J connectivity index is 0.00000210. The summed E-state index contributed by atoms with van der Waals surface area (Å²) in [7, 11) is 0. The highest BCUT2D eigenvalue weighted by molar-refractivity contribution is 7.20. The van der Waals surface area contributed by atoms with Crippen molar-refractivity contribution in [3.8, 4) is 11.3 Å². The van der Waals surface area contributed by atoms with E-state index in [9.17, 15) is 9.18 Å². The Morgan fingerprint density at radius 2 is 1.89 bits per heavy atom. The zero-order valence-electron chi connectivity index (χ0n) is 14.7. The number of nitrogens with two attached hydrogens (primary N) is 1. The number of piperazine rings is 1. The summed E-state index contributed by atoms with van der Waals surface area (Å²) in [5.74, 6) is -0.278. The molecule has 1 amide bonds. The molecule has 2 N–H and O–H groups in total. The van der Waals surface area contributed by atoms with Gasteiger partial charge in [0.1, 0.15) is 5.82 Å². The third-order valence-electron chi connectivity index (χ3n) is 4.42. The Kier molecular flexibility index (Phi) is 5.64. The highest BCUT2D eigenvalue weighted by Gasteiger charge is 2.25. The highest BCUT2D eigenvalue weighted by Crippen LogP contribution is 2.27. The molecule has 1 unspecified atom stereocenters. The predicted octanol–water partition coefficient (Wildman–Crippen LogP) is 2.01. The van der Waals surface area contributed by atoms with Crippen LogP contribution < -0.4 is 10.6 Å². The van der Waals surface area contributed by atoms with Crippen molar-refractivity contribution >= 4 is 39.7 Å². The average molecular weight is 411 g/mol. The summed E-state index contributed by atoms with van der Waals surface area (Å²) in [5, 5.41) is 5.48. The van der Waals surface area contributed by atoms with Gasteiger partial charge in [-0.05, 0) is 31.2 Å². The molecule has 1 aliphatic rings. The zero-order chi connectivity index (χ0) is 18.3. The van der Waals surface area contributed by atoms with Crippen LogP contribution in [0.25, 0.3) is 16.2 Å². The molecule has 1 atom stereocenters. The van der Waals surface area contributed by atoms with Gasteiger partial charge in [0.2, 0.25) is 16.0 Å². The molecule has 1 fully saturated rings. The van der Waals surface area contributed by atoms with E-state index in [-0.39, 0.29) is 24.1 Å². The average Bonchev–Trinajstić information content (AvgIpc) is 3.21. The summed E-state index contributed by atoms with van der Waals surface area (Å²) in [6.07, 6.45) is 1.85. The van der Waals surface area contributed by atoms with Gasteiger partial charge in [-0.25, -0.2) is 13.9 Å². The van der Waals surface area contributed by atoms with Gasteiger partial charge < -0.3 is 15.5 Å². The Morgan fingerprint density at radius 1 is 1.22 bits per heavy atom. The maximum atomic E-state index is 13.1. The molecule has 1 aromatic carbocycles. The van der Waals surface area contributed by atoms with Crippen LogP contribution in [0.4, 0.5) is 9.52 Å². The number of hydrogen-bond donors (Lipinski definition) is 1. The minimum Gasteiger partial charge on any atom is -0.343 e. The van der Waals surface area contributed by atoms with Crippen molar-refractivity contribution in [3.05, 3.63) is 36.3 Å². The molecule has 4 rings (SSSR count). The number of aromatic nitrogens is 3. The number of anilines is 1. The molecular weight excluding hydrogens is 391 g/mol. The fraction of sp³-hybridized carbons (Fsp3) is 0.353. The van der Waals surface area contributed by atoms with Crippen molar-refractivity contribution in [1.82, 2.24) is 19.5 Å². The van der Waals surface area contributed by atoms with Gasteiger partial charge in [-0.3, -0.25) is 4.79 Å². The SMILES string of the molecule is CC(N)C(=O)N1CCN(c2nn3cc(-c4ccc(F)cc4)nc3s2)CC1.Cl. The number of benzene rings is 1. The summed E-state index contributed by atoms with van der Waals surface area (Å²) in [5.41, 5.74) is 7.29. The maximum Gasteiger partial charge on any atom is 0.239 e. The van der Waals surface area contributed by atoms with Crippen molar-refractivity contribution in [3.63, 3.8) is 0 Å². The maximum absolute atomic E-state index is 13.1. The molecule has 3 heterocycles. The third-order valence-corrected chi connectivity index (χ3v) is 5.41. The number of halogens is 2. The molecule has 10 heteroatoms. The Bertz CT molecular complexity index is 901. The van der Waals surface area contributed by atoms with Gasteiger partial charge in [-0.2, -0.15) is 0 Å². The molecule has 0 aliphatic carbocycles. The molecule has 27 heavy (non-hydrogen) atoms. The molecular formula is C17H20ClFN6OS. The standard InChI is InChI=1S/C17H19FN6OS.ClH/c1-11(19)15(25)22-6-8-23(9-7-22)17-21-24-10-14(20-16(24)26-17)12-2-4-13(18)5-3-12;/h2-5,10-11H,6-9,19H2,1H3;1H. The monoisotopic (exact) mass is 410 g/mol. The molecule has 1 aliphatic heterocycles. The van der Waals surface area contributed by atoms with Gasteiger partial charge in [-0.15, -0.1) is 17.5 Å². The van der Waals surface area contributed by atoms with E-state index in [0.717, 1.165) is 34.4 Å². The number of nitrogens with zero attached hydrogens (tertiary/aromatic N) is 5. The van der Waals surface area contributed by atoms with Crippen LogP contribution in [0, 0.1) is 5.82 Å². The molecule has 3 aromatic rings. The van der Waals surface area contributed by atoms with Crippen molar-refractivity contribution in [2.75, 3.05) is 31.1 Å². The second-order valence-corrected chi connectivity index (χ2v) is 7.28. The van der Waals surface area contributed by atoms with Crippen LogP contribution in [0.15, 0.2) is 30.5 Å². The number of imidazole rings is 1. The summed E-state index contributed by atoms with van der Waals surface area (Å²) in [4.78, 5) is 21.3. The van der Waals surface area contributed by atoms with Gasteiger partial charge in [-0.1, -0.05) is 11.3 Å². The van der Waals surface area contributed by atoms with E-state index in [1.165, 1.54) is 23.5 Å². The topological polar surface area (TPSA) is 79.8 Å². The van der Waals surface area contributed by atoms with Crippen LogP contribution in [-0.2, 0) is 4.79 Å².